The molecule has 0 spiro atoms. The highest BCUT2D eigenvalue weighted by molar-refractivity contribution is 5.39. The van der Waals surface area contributed by atoms with Crippen molar-refractivity contribution in [3.8, 4) is 0 Å². The molecular weight excluding hydrogens is 216 g/mol. The summed E-state index contributed by atoms with van der Waals surface area (Å²) in [5.74, 6) is 6.56. The predicted molar refractivity (Wildman–Crippen MR) is 68.6 cm³/mol. The highest BCUT2D eigenvalue weighted by Gasteiger charge is 2.18. The standard InChI is InChI=1S/C11H20N6/c1-2-17-7-3-4-9(8-17)14-10-5-6-13-11(15-10)16-12/h5-6,9H,2-4,7-8,12H2,1H3,(H2,13,14,15,16). The quantitative estimate of drug-likeness (QED) is 0.526. The molecule has 1 aliphatic heterocycles. The van der Waals surface area contributed by atoms with Crippen LogP contribution < -0.4 is 16.6 Å². The molecule has 6 nitrogen and oxygen atoms in total. The van der Waals surface area contributed by atoms with Crippen molar-refractivity contribution in [3.05, 3.63) is 12.3 Å². The summed E-state index contributed by atoms with van der Waals surface area (Å²) in [6, 6.07) is 2.33. The SMILES string of the molecule is CCN1CCCC(Nc2ccnc(NN)n2)C1. The molecule has 6 heteroatoms. The number of hydrogen-bond acceptors (Lipinski definition) is 6. The third-order valence-electron chi connectivity index (χ3n) is 3.09. The first kappa shape index (κ1) is 12.1. The van der Waals surface area contributed by atoms with Crippen molar-refractivity contribution in [2.75, 3.05) is 30.4 Å². The minimum atomic E-state index is 0.443. The highest BCUT2D eigenvalue weighted by atomic mass is 15.3. The van der Waals surface area contributed by atoms with E-state index in [4.69, 9.17) is 5.84 Å². The number of piperidine rings is 1. The van der Waals surface area contributed by atoms with Gasteiger partial charge in [-0.3, -0.25) is 5.43 Å². The third kappa shape index (κ3) is 3.28. The van der Waals surface area contributed by atoms with E-state index in [2.05, 4.69) is 32.5 Å². The summed E-state index contributed by atoms with van der Waals surface area (Å²) in [5.41, 5.74) is 2.45. The van der Waals surface area contributed by atoms with E-state index in [1.54, 1.807) is 6.20 Å². The maximum atomic E-state index is 5.28. The van der Waals surface area contributed by atoms with Gasteiger partial charge in [-0.1, -0.05) is 6.92 Å². The molecule has 1 aliphatic rings. The Kier molecular flexibility index (Phi) is 4.11. The highest BCUT2D eigenvalue weighted by Crippen LogP contribution is 2.14. The maximum absolute atomic E-state index is 5.28. The maximum Gasteiger partial charge on any atom is 0.239 e. The molecule has 1 aromatic rings. The monoisotopic (exact) mass is 236 g/mol. The van der Waals surface area contributed by atoms with E-state index in [1.807, 2.05) is 6.07 Å². The number of anilines is 2. The molecule has 17 heavy (non-hydrogen) atoms. The Morgan fingerprint density at radius 1 is 1.59 bits per heavy atom. The number of nitrogen functional groups attached to an aromatic ring is 1. The topological polar surface area (TPSA) is 79.1 Å². The Morgan fingerprint density at radius 2 is 2.47 bits per heavy atom. The molecule has 0 saturated carbocycles. The Bertz CT molecular complexity index is 356. The van der Waals surface area contributed by atoms with Gasteiger partial charge in [0.25, 0.3) is 0 Å². The van der Waals surface area contributed by atoms with Crippen molar-refractivity contribution in [1.29, 1.82) is 0 Å². The lowest BCUT2D eigenvalue weighted by molar-refractivity contribution is 0.226. The van der Waals surface area contributed by atoms with Crippen LogP contribution in [0.25, 0.3) is 0 Å². The molecule has 0 bridgehead atoms. The fourth-order valence-electron chi connectivity index (χ4n) is 2.18. The van der Waals surface area contributed by atoms with Crippen LogP contribution in [0, 0.1) is 0 Å². The summed E-state index contributed by atoms with van der Waals surface area (Å²) in [6.45, 7) is 5.58. The largest absolute Gasteiger partial charge is 0.366 e. The lowest BCUT2D eigenvalue weighted by atomic mass is 10.1. The number of aromatic nitrogens is 2. The summed E-state index contributed by atoms with van der Waals surface area (Å²) in [6.07, 6.45) is 4.12. The molecule has 2 rings (SSSR count). The number of nitrogens with two attached hydrogens (primary N) is 1. The summed E-state index contributed by atoms with van der Waals surface area (Å²) < 4.78 is 0. The number of nitrogens with one attached hydrogen (secondary N) is 2. The zero-order valence-corrected chi connectivity index (χ0v) is 10.2. The molecule has 94 valence electrons. The van der Waals surface area contributed by atoms with E-state index in [1.165, 1.54) is 19.4 Å². The van der Waals surface area contributed by atoms with E-state index >= 15 is 0 Å². The Hall–Kier alpha value is -1.40. The van der Waals surface area contributed by atoms with Crippen molar-refractivity contribution in [2.45, 2.75) is 25.8 Å². The van der Waals surface area contributed by atoms with Gasteiger partial charge < -0.3 is 10.2 Å². The van der Waals surface area contributed by atoms with Crippen LogP contribution in [-0.4, -0.2) is 40.5 Å². The van der Waals surface area contributed by atoms with Crippen LogP contribution in [0.2, 0.25) is 0 Å². The van der Waals surface area contributed by atoms with E-state index in [-0.39, 0.29) is 0 Å². The van der Waals surface area contributed by atoms with Crippen molar-refractivity contribution in [1.82, 2.24) is 14.9 Å². The van der Waals surface area contributed by atoms with E-state index in [9.17, 15) is 0 Å². The van der Waals surface area contributed by atoms with Gasteiger partial charge in [-0.2, -0.15) is 4.98 Å². The second kappa shape index (κ2) is 5.79. The van der Waals surface area contributed by atoms with Crippen LogP contribution in [0.4, 0.5) is 11.8 Å². The second-order valence-electron chi connectivity index (χ2n) is 4.29. The summed E-state index contributed by atoms with van der Waals surface area (Å²) in [4.78, 5) is 10.7. The molecule has 0 aromatic carbocycles. The van der Waals surface area contributed by atoms with Crippen molar-refractivity contribution in [3.63, 3.8) is 0 Å². The van der Waals surface area contributed by atoms with Gasteiger partial charge in [0.2, 0.25) is 5.95 Å². The average molecular weight is 236 g/mol. The van der Waals surface area contributed by atoms with Crippen molar-refractivity contribution in [2.24, 2.45) is 5.84 Å². The van der Waals surface area contributed by atoms with E-state index < -0.39 is 0 Å². The average Bonchev–Trinajstić information content (AvgIpc) is 2.39. The van der Waals surface area contributed by atoms with Crippen LogP contribution in [0.5, 0.6) is 0 Å². The van der Waals surface area contributed by atoms with Gasteiger partial charge in [0.1, 0.15) is 5.82 Å². The Balaban J connectivity index is 1.95. The van der Waals surface area contributed by atoms with E-state index in [0.717, 1.165) is 18.9 Å². The van der Waals surface area contributed by atoms with Crippen LogP contribution in [-0.2, 0) is 0 Å². The summed E-state index contributed by atoms with van der Waals surface area (Å²) in [7, 11) is 0. The second-order valence-corrected chi connectivity index (χ2v) is 4.29. The molecule has 2 heterocycles. The summed E-state index contributed by atoms with van der Waals surface area (Å²) in [5, 5.41) is 3.43. The minimum Gasteiger partial charge on any atom is -0.366 e. The van der Waals surface area contributed by atoms with Gasteiger partial charge in [0.05, 0.1) is 0 Å². The molecule has 4 N–H and O–H groups in total. The number of likely N-dealkylation sites (N-methyl/N-ethyl adjacent to an activating group) is 1. The molecule has 1 aromatic heterocycles. The van der Waals surface area contributed by atoms with Gasteiger partial charge in [0, 0.05) is 18.8 Å². The first-order valence-electron chi connectivity index (χ1n) is 6.10. The van der Waals surface area contributed by atoms with Crippen molar-refractivity contribution < 1.29 is 0 Å². The molecule has 0 radical (unpaired) electrons. The summed E-state index contributed by atoms with van der Waals surface area (Å²) >= 11 is 0. The van der Waals surface area contributed by atoms with Crippen LogP contribution in [0.15, 0.2) is 12.3 Å². The molecule has 1 saturated heterocycles. The molecule has 0 aliphatic carbocycles. The molecule has 0 amide bonds. The molecule has 1 unspecified atom stereocenters. The van der Waals surface area contributed by atoms with Gasteiger partial charge in [0.15, 0.2) is 0 Å². The number of hydrogen-bond donors (Lipinski definition) is 3. The molecule has 1 fully saturated rings. The smallest absolute Gasteiger partial charge is 0.239 e. The third-order valence-corrected chi connectivity index (χ3v) is 3.09. The fourth-order valence-corrected chi connectivity index (χ4v) is 2.18. The normalized spacial score (nSPS) is 21.2. The number of rotatable bonds is 4. The Morgan fingerprint density at radius 3 is 3.24 bits per heavy atom. The van der Waals surface area contributed by atoms with Gasteiger partial charge in [-0.25, -0.2) is 10.8 Å². The van der Waals surface area contributed by atoms with Gasteiger partial charge >= 0.3 is 0 Å². The lowest BCUT2D eigenvalue weighted by Gasteiger charge is -2.32. The number of hydrazine groups is 1. The van der Waals surface area contributed by atoms with Crippen LogP contribution >= 0.6 is 0 Å². The Labute approximate surface area is 102 Å². The molecular formula is C11H20N6. The van der Waals surface area contributed by atoms with E-state index in [0.29, 0.717) is 12.0 Å². The first-order chi connectivity index (χ1) is 8.31. The molecule has 1 atom stereocenters. The minimum absolute atomic E-state index is 0.443. The predicted octanol–water partition coefficient (Wildman–Crippen LogP) is 0.658. The van der Waals surface area contributed by atoms with Crippen LogP contribution in [0.1, 0.15) is 19.8 Å². The van der Waals surface area contributed by atoms with Crippen molar-refractivity contribution >= 4 is 11.8 Å². The number of nitrogens with zero attached hydrogens (tertiary/aromatic N) is 3. The first-order valence-corrected chi connectivity index (χ1v) is 6.10. The zero-order chi connectivity index (χ0) is 12.1. The lowest BCUT2D eigenvalue weighted by Crippen LogP contribution is -2.42. The van der Waals surface area contributed by atoms with Crippen LogP contribution in [0.3, 0.4) is 0 Å². The van der Waals surface area contributed by atoms with Gasteiger partial charge in [-0.05, 0) is 32.0 Å². The zero-order valence-electron chi connectivity index (χ0n) is 10.2. The fraction of sp³-hybridized carbons (Fsp3) is 0.636. The van der Waals surface area contributed by atoms with Gasteiger partial charge in [-0.15, -0.1) is 0 Å². The number of likely N-dealkylation sites (tertiary alicyclic amines) is 1.